The summed E-state index contributed by atoms with van der Waals surface area (Å²) in [5, 5.41) is 23.0. The molecule has 0 saturated carbocycles. The number of nitrogens with one attached hydrogen (secondary N) is 1. The molecule has 0 saturated heterocycles. The van der Waals surface area contributed by atoms with E-state index in [1.54, 1.807) is 35.4 Å². The summed E-state index contributed by atoms with van der Waals surface area (Å²) < 4.78 is 11.0. The molecule has 3 aromatic rings. The molecule has 198 valence electrons. The van der Waals surface area contributed by atoms with Gasteiger partial charge in [-0.3, -0.25) is 4.90 Å². The number of anilines is 3. The monoisotopic (exact) mass is 535 g/mol. The Kier molecular flexibility index (Phi) is 7.24. The van der Waals surface area contributed by atoms with E-state index in [1.165, 1.54) is 7.11 Å². The second kappa shape index (κ2) is 10.1. The van der Waals surface area contributed by atoms with E-state index >= 15 is 0 Å². The van der Waals surface area contributed by atoms with Crippen LogP contribution >= 0.6 is 11.6 Å². The van der Waals surface area contributed by atoms with Gasteiger partial charge in [0.1, 0.15) is 17.4 Å². The third-order valence-corrected chi connectivity index (χ3v) is 6.49. The number of amides is 1. The molecule has 1 aliphatic heterocycles. The molecule has 0 fully saturated rings. The fourth-order valence-corrected chi connectivity index (χ4v) is 4.61. The number of rotatable bonds is 5. The van der Waals surface area contributed by atoms with Crippen LogP contribution in [0.3, 0.4) is 0 Å². The van der Waals surface area contributed by atoms with Crippen LogP contribution in [0.4, 0.5) is 22.1 Å². The molecular formula is C28H30ClN5O4. The molecule has 2 aromatic carbocycles. The van der Waals surface area contributed by atoms with Gasteiger partial charge < -0.3 is 19.9 Å². The van der Waals surface area contributed by atoms with Crippen LogP contribution < -0.4 is 15.0 Å². The minimum Gasteiger partial charge on any atom is -0.495 e. The van der Waals surface area contributed by atoms with E-state index in [2.05, 4.69) is 21.4 Å². The Labute approximate surface area is 227 Å². The number of benzene rings is 2. The normalized spacial score (nSPS) is 14.0. The lowest BCUT2D eigenvalue weighted by Gasteiger charge is -2.26. The van der Waals surface area contributed by atoms with E-state index in [-0.39, 0.29) is 6.61 Å². The third-order valence-electron chi connectivity index (χ3n) is 6.13. The van der Waals surface area contributed by atoms with Gasteiger partial charge in [-0.1, -0.05) is 25.4 Å². The molecule has 2 N–H and O–H groups in total. The minimum absolute atomic E-state index is 0.220. The number of ether oxygens (including phenoxy) is 2. The Morgan fingerprint density at radius 2 is 2.03 bits per heavy atom. The number of aliphatic hydroxyl groups excluding tert-OH is 1. The van der Waals surface area contributed by atoms with Crippen LogP contribution in [0.2, 0.25) is 5.02 Å². The summed E-state index contributed by atoms with van der Waals surface area (Å²) in [5.74, 6) is 0.767. The van der Waals surface area contributed by atoms with Gasteiger partial charge in [-0.05, 0) is 62.2 Å². The number of fused-ring (bicyclic) bond motifs is 1. The molecular weight excluding hydrogens is 506 g/mol. The Hall–Kier alpha value is -3.87. The number of carbonyl (C=O) groups excluding carboxylic acids is 1. The second-order valence-electron chi connectivity index (χ2n) is 10.7. The summed E-state index contributed by atoms with van der Waals surface area (Å²) >= 11 is 6.27. The lowest BCUT2D eigenvalue weighted by molar-refractivity contribution is 0.0579. The van der Waals surface area contributed by atoms with Crippen LogP contribution in [0.1, 0.15) is 51.3 Å². The van der Waals surface area contributed by atoms with Crippen molar-refractivity contribution in [3.05, 3.63) is 58.2 Å². The first-order valence-electron chi connectivity index (χ1n) is 12.0. The highest BCUT2D eigenvalue weighted by molar-refractivity contribution is 6.31. The maximum absolute atomic E-state index is 13.0. The Balaban J connectivity index is 1.73. The number of halogens is 1. The minimum atomic E-state index is -0.660. The molecule has 0 radical (unpaired) electrons. The summed E-state index contributed by atoms with van der Waals surface area (Å²) in [7, 11) is 1.52. The van der Waals surface area contributed by atoms with E-state index in [0.717, 1.165) is 5.56 Å². The van der Waals surface area contributed by atoms with Crippen LogP contribution in [0.15, 0.2) is 36.5 Å². The quantitative estimate of drug-likeness (QED) is 0.411. The molecule has 38 heavy (non-hydrogen) atoms. The number of methoxy groups -OCH3 is 1. The number of nitrogens with zero attached hydrogens (tertiary/aromatic N) is 4. The lowest BCUT2D eigenvalue weighted by atomic mass is 9.85. The first kappa shape index (κ1) is 27.2. The zero-order valence-corrected chi connectivity index (χ0v) is 23.0. The number of carbonyl (C=O) groups is 1. The van der Waals surface area contributed by atoms with Crippen LogP contribution in [0, 0.1) is 11.3 Å². The van der Waals surface area contributed by atoms with E-state index in [9.17, 15) is 15.2 Å². The van der Waals surface area contributed by atoms with Crippen LogP contribution in [-0.2, 0) is 16.8 Å². The molecule has 1 amide bonds. The van der Waals surface area contributed by atoms with Gasteiger partial charge in [0.15, 0.2) is 0 Å². The predicted molar refractivity (Wildman–Crippen MR) is 146 cm³/mol. The molecule has 1 aliphatic rings. The average molecular weight is 536 g/mol. The fraction of sp³-hybridized carbons (Fsp3) is 0.357. The summed E-state index contributed by atoms with van der Waals surface area (Å²) in [5.41, 5.74) is 3.07. The largest absolute Gasteiger partial charge is 0.495 e. The van der Waals surface area contributed by atoms with Gasteiger partial charge in [0.05, 0.1) is 36.3 Å². The predicted octanol–water partition coefficient (Wildman–Crippen LogP) is 5.95. The summed E-state index contributed by atoms with van der Waals surface area (Å²) in [6, 6.07) is 11.0. The van der Waals surface area contributed by atoms with Gasteiger partial charge in [0.25, 0.3) is 0 Å². The van der Waals surface area contributed by atoms with Crippen LogP contribution in [-0.4, -0.2) is 40.4 Å². The average Bonchev–Trinajstić information content (AvgIpc) is 3.14. The molecule has 10 heteroatoms. The van der Waals surface area contributed by atoms with Crippen LogP contribution in [0.25, 0.3) is 11.3 Å². The Bertz CT molecular complexity index is 1440. The molecule has 0 atom stereocenters. The van der Waals surface area contributed by atoms with E-state index in [1.807, 2.05) is 40.7 Å². The summed E-state index contributed by atoms with van der Waals surface area (Å²) in [6.45, 7) is 9.66. The van der Waals surface area contributed by atoms with Crippen molar-refractivity contribution in [2.45, 2.75) is 52.2 Å². The molecule has 9 nitrogen and oxygen atoms in total. The SMILES string of the molecule is COc1cc(CO)c(Cl)cc1Nc1nccc(-c2cc(C#N)c3c(c2)C(C)(C)CN3C(=O)OC(C)(C)C)n1. The van der Waals surface area contributed by atoms with E-state index in [4.69, 9.17) is 21.1 Å². The zero-order chi connectivity index (χ0) is 27.8. The first-order valence-corrected chi connectivity index (χ1v) is 12.4. The van der Waals surface area contributed by atoms with Gasteiger partial charge in [0, 0.05) is 28.7 Å². The Morgan fingerprint density at radius 1 is 1.29 bits per heavy atom. The van der Waals surface area contributed by atoms with Crippen molar-refractivity contribution < 1.29 is 19.4 Å². The zero-order valence-electron chi connectivity index (χ0n) is 22.2. The van der Waals surface area contributed by atoms with Gasteiger partial charge in [-0.2, -0.15) is 5.26 Å². The van der Waals surface area contributed by atoms with Crippen molar-refractivity contribution in [1.82, 2.24) is 9.97 Å². The lowest BCUT2D eigenvalue weighted by Crippen LogP contribution is -2.38. The van der Waals surface area contributed by atoms with Crippen molar-refractivity contribution in [3.63, 3.8) is 0 Å². The third kappa shape index (κ3) is 5.37. The smallest absolute Gasteiger partial charge is 0.414 e. The number of hydrogen-bond donors (Lipinski definition) is 2. The highest BCUT2D eigenvalue weighted by atomic mass is 35.5. The number of aromatic nitrogens is 2. The molecule has 1 aromatic heterocycles. The maximum Gasteiger partial charge on any atom is 0.414 e. The van der Waals surface area contributed by atoms with Crippen LogP contribution in [0.5, 0.6) is 5.75 Å². The van der Waals surface area contributed by atoms with Gasteiger partial charge in [-0.25, -0.2) is 14.8 Å². The number of nitriles is 1. The van der Waals surface area contributed by atoms with Gasteiger partial charge in [-0.15, -0.1) is 0 Å². The molecule has 0 unspecified atom stereocenters. The summed E-state index contributed by atoms with van der Waals surface area (Å²) in [6.07, 6.45) is 1.13. The molecule has 0 bridgehead atoms. The van der Waals surface area contributed by atoms with Crippen molar-refractivity contribution >= 4 is 35.0 Å². The highest BCUT2D eigenvalue weighted by Gasteiger charge is 2.42. The first-order chi connectivity index (χ1) is 17.9. The van der Waals surface area contributed by atoms with Crippen molar-refractivity contribution in [3.8, 4) is 23.1 Å². The van der Waals surface area contributed by atoms with Gasteiger partial charge in [0.2, 0.25) is 5.95 Å². The highest BCUT2D eigenvalue weighted by Crippen LogP contribution is 2.45. The number of hydrogen-bond acceptors (Lipinski definition) is 8. The Morgan fingerprint density at radius 3 is 2.66 bits per heavy atom. The maximum atomic E-state index is 13.0. The molecule has 4 rings (SSSR count). The van der Waals surface area contributed by atoms with Crippen molar-refractivity contribution in [2.24, 2.45) is 0 Å². The molecule has 0 spiro atoms. The van der Waals surface area contributed by atoms with E-state index in [0.29, 0.717) is 57.0 Å². The number of aliphatic hydroxyl groups is 1. The molecule has 2 heterocycles. The van der Waals surface area contributed by atoms with Gasteiger partial charge >= 0.3 is 6.09 Å². The summed E-state index contributed by atoms with van der Waals surface area (Å²) in [4.78, 5) is 23.5. The second-order valence-corrected chi connectivity index (χ2v) is 11.1. The molecule has 0 aliphatic carbocycles. The van der Waals surface area contributed by atoms with Crippen molar-refractivity contribution in [1.29, 1.82) is 5.26 Å². The topological polar surface area (TPSA) is 121 Å². The fourth-order valence-electron chi connectivity index (χ4n) is 4.39. The standard InChI is InChI=1S/C28H30ClN5O4/c1-27(2,3)38-26(36)34-15-28(4,5)19-10-16(9-17(13-30)24(19)34)21-7-8-31-25(32-21)33-22-12-20(29)18(14-35)11-23(22)37-6/h7-12,35H,14-15H2,1-6H3,(H,31,32,33). The van der Waals surface area contributed by atoms with E-state index < -0.39 is 17.1 Å². The van der Waals surface area contributed by atoms with Crippen molar-refractivity contribution in [2.75, 3.05) is 23.9 Å².